The lowest BCUT2D eigenvalue weighted by molar-refractivity contribution is -0.130. The van der Waals surface area contributed by atoms with Gasteiger partial charge in [-0.1, -0.05) is 33.6 Å². The van der Waals surface area contributed by atoms with Gasteiger partial charge in [0.2, 0.25) is 5.91 Å². The predicted molar refractivity (Wildman–Crippen MR) is 66.2 cm³/mol. The van der Waals surface area contributed by atoms with E-state index in [1.807, 2.05) is 6.92 Å². The summed E-state index contributed by atoms with van der Waals surface area (Å²) in [6, 6.07) is -0.339. The van der Waals surface area contributed by atoms with E-state index in [1.54, 1.807) is 6.92 Å². The maximum absolute atomic E-state index is 11.9. The van der Waals surface area contributed by atoms with Crippen molar-refractivity contribution < 1.29 is 9.59 Å². The fourth-order valence-electron chi connectivity index (χ4n) is 1.82. The monoisotopic (exact) mass is 227 g/mol. The summed E-state index contributed by atoms with van der Waals surface area (Å²) in [4.78, 5) is 23.3. The van der Waals surface area contributed by atoms with Gasteiger partial charge in [0.25, 0.3) is 0 Å². The molecule has 0 heterocycles. The van der Waals surface area contributed by atoms with Crippen LogP contribution in [-0.4, -0.2) is 17.7 Å². The van der Waals surface area contributed by atoms with Crippen molar-refractivity contribution in [1.29, 1.82) is 0 Å². The third-order valence-electron chi connectivity index (χ3n) is 2.84. The lowest BCUT2D eigenvalue weighted by Crippen LogP contribution is -2.41. The largest absolute Gasteiger partial charge is 0.346 e. The van der Waals surface area contributed by atoms with Crippen LogP contribution in [0.4, 0.5) is 0 Å². The van der Waals surface area contributed by atoms with Crippen LogP contribution in [0, 0.1) is 5.92 Å². The van der Waals surface area contributed by atoms with Gasteiger partial charge in [-0.2, -0.15) is 0 Å². The fraction of sp³-hybridized carbons (Fsp3) is 0.846. The summed E-state index contributed by atoms with van der Waals surface area (Å²) in [7, 11) is 0. The van der Waals surface area contributed by atoms with E-state index in [0.717, 1.165) is 25.7 Å². The topological polar surface area (TPSA) is 46.2 Å². The number of nitrogens with one attached hydrogen (secondary N) is 1. The Morgan fingerprint density at radius 2 is 1.56 bits per heavy atom. The molecule has 0 aromatic rings. The zero-order chi connectivity index (χ0) is 12.6. The van der Waals surface area contributed by atoms with Crippen LogP contribution in [0.5, 0.6) is 0 Å². The van der Waals surface area contributed by atoms with Crippen molar-refractivity contribution >= 4 is 11.7 Å². The summed E-state index contributed by atoms with van der Waals surface area (Å²) in [6.07, 6.45) is 4.31. The molecule has 0 saturated carbocycles. The van der Waals surface area contributed by atoms with E-state index in [1.165, 1.54) is 0 Å². The van der Waals surface area contributed by atoms with Crippen LogP contribution in [0.3, 0.4) is 0 Å². The van der Waals surface area contributed by atoms with E-state index in [4.69, 9.17) is 0 Å². The van der Waals surface area contributed by atoms with Gasteiger partial charge in [0, 0.05) is 12.3 Å². The molecule has 0 spiro atoms. The number of hydrogen-bond donors (Lipinski definition) is 1. The number of carbonyl (C=O) groups is 2. The van der Waals surface area contributed by atoms with Gasteiger partial charge in [0.05, 0.1) is 6.04 Å². The summed E-state index contributed by atoms with van der Waals surface area (Å²) in [5.74, 6) is 0.209. The Kier molecular flexibility index (Phi) is 7.86. The van der Waals surface area contributed by atoms with Crippen molar-refractivity contribution in [3.63, 3.8) is 0 Å². The Labute approximate surface area is 99.0 Å². The van der Waals surface area contributed by atoms with Crippen LogP contribution in [-0.2, 0) is 9.59 Å². The number of hydrogen-bond acceptors (Lipinski definition) is 2. The fourth-order valence-corrected chi connectivity index (χ4v) is 1.82. The molecule has 0 radical (unpaired) electrons. The third-order valence-corrected chi connectivity index (χ3v) is 2.84. The number of ketones is 1. The highest BCUT2D eigenvalue weighted by molar-refractivity contribution is 5.89. The summed E-state index contributed by atoms with van der Waals surface area (Å²) in [5.41, 5.74) is 0. The van der Waals surface area contributed by atoms with Gasteiger partial charge in [0.15, 0.2) is 5.78 Å². The van der Waals surface area contributed by atoms with Crippen LogP contribution < -0.4 is 5.32 Å². The molecule has 0 bridgehead atoms. The van der Waals surface area contributed by atoms with E-state index in [-0.39, 0.29) is 23.7 Å². The molecule has 1 N–H and O–H groups in total. The molecule has 0 fully saturated rings. The first-order valence-electron chi connectivity index (χ1n) is 6.39. The van der Waals surface area contributed by atoms with Gasteiger partial charge in [0.1, 0.15) is 0 Å². The van der Waals surface area contributed by atoms with Crippen LogP contribution >= 0.6 is 0 Å². The lowest BCUT2D eigenvalue weighted by atomic mass is 9.97. The summed E-state index contributed by atoms with van der Waals surface area (Å²) in [6.45, 7) is 7.74. The number of rotatable bonds is 8. The molecule has 0 rings (SSSR count). The van der Waals surface area contributed by atoms with Gasteiger partial charge in [-0.15, -0.1) is 0 Å². The van der Waals surface area contributed by atoms with Crippen molar-refractivity contribution in [3.8, 4) is 0 Å². The van der Waals surface area contributed by atoms with E-state index in [0.29, 0.717) is 6.42 Å². The molecule has 0 saturated heterocycles. The Bertz CT molecular complexity index is 220. The first-order chi connectivity index (χ1) is 7.56. The molecule has 94 valence electrons. The van der Waals surface area contributed by atoms with Gasteiger partial charge in [-0.05, 0) is 19.8 Å². The molecule has 3 heteroatoms. The van der Waals surface area contributed by atoms with Crippen molar-refractivity contribution in [1.82, 2.24) is 5.32 Å². The highest BCUT2D eigenvalue weighted by atomic mass is 16.2. The Morgan fingerprint density at radius 1 is 1.06 bits per heavy atom. The molecule has 1 atom stereocenters. The molecule has 0 aromatic heterocycles. The molecule has 16 heavy (non-hydrogen) atoms. The van der Waals surface area contributed by atoms with Crippen molar-refractivity contribution in [2.75, 3.05) is 0 Å². The maximum Gasteiger partial charge on any atom is 0.223 e. The van der Waals surface area contributed by atoms with Gasteiger partial charge in [-0.25, -0.2) is 0 Å². The number of Topliss-reactive ketones (excluding diaryl/α,β-unsaturated/α-hetero) is 1. The Balaban J connectivity index is 4.23. The highest BCUT2D eigenvalue weighted by Gasteiger charge is 2.20. The van der Waals surface area contributed by atoms with Crippen LogP contribution in [0.15, 0.2) is 0 Å². The molecular weight excluding hydrogens is 202 g/mol. The van der Waals surface area contributed by atoms with Gasteiger partial charge >= 0.3 is 0 Å². The maximum atomic E-state index is 11.9. The predicted octanol–water partition coefficient (Wildman–Crippen LogP) is 2.69. The second-order valence-corrected chi connectivity index (χ2v) is 4.32. The molecule has 0 aliphatic heterocycles. The molecule has 0 aliphatic rings. The lowest BCUT2D eigenvalue weighted by Gasteiger charge is -2.18. The minimum absolute atomic E-state index is 0.0398. The Hall–Kier alpha value is -0.860. The zero-order valence-corrected chi connectivity index (χ0v) is 11.0. The minimum atomic E-state index is -0.339. The van der Waals surface area contributed by atoms with Crippen LogP contribution in [0.2, 0.25) is 0 Å². The molecule has 3 nitrogen and oxygen atoms in total. The van der Waals surface area contributed by atoms with E-state index >= 15 is 0 Å². The summed E-state index contributed by atoms with van der Waals surface area (Å²) in [5, 5.41) is 2.81. The SMILES string of the molecule is CCCC(CCC)C(=O)NC(C)C(=O)CC. The van der Waals surface area contributed by atoms with Crippen LogP contribution in [0.1, 0.15) is 59.8 Å². The first kappa shape index (κ1) is 15.1. The smallest absolute Gasteiger partial charge is 0.223 e. The Morgan fingerprint density at radius 3 is 1.94 bits per heavy atom. The van der Waals surface area contributed by atoms with Crippen LogP contribution in [0.25, 0.3) is 0 Å². The van der Waals surface area contributed by atoms with Crippen molar-refractivity contribution in [2.45, 2.75) is 65.8 Å². The minimum Gasteiger partial charge on any atom is -0.346 e. The number of carbonyl (C=O) groups excluding carboxylic acids is 2. The van der Waals surface area contributed by atoms with E-state index in [9.17, 15) is 9.59 Å². The number of amides is 1. The van der Waals surface area contributed by atoms with Gasteiger partial charge < -0.3 is 5.32 Å². The first-order valence-corrected chi connectivity index (χ1v) is 6.39. The molecule has 1 unspecified atom stereocenters. The third kappa shape index (κ3) is 5.29. The molecular formula is C13H25NO2. The van der Waals surface area contributed by atoms with Gasteiger partial charge in [-0.3, -0.25) is 9.59 Å². The van der Waals surface area contributed by atoms with Crippen molar-refractivity contribution in [3.05, 3.63) is 0 Å². The average molecular weight is 227 g/mol. The quantitative estimate of drug-likeness (QED) is 0.693. The summed E-state index contributed by atoms with van der Waals surface area (Å²) < 4.78 is 0. The molecule has 0 aromatic carbocycles. The van der Waals surface area contributed by atoms with E-state index in [2.05, 4.69) is 19.2 Å². The second-order valence-electron chi connectivity index (χ2n) is 4.32. The second kappa shape index (κ2) is 8.31. The standard InChI is InChI=1S/C13H25NO2/c1-5-8-11(9-6-2)13(16)14-10(4)12(15)7-3/h10-11H,5-9H2,1-4H3,(H,14,16). The average Bonchev–Trinajstić information content (AvgIpc) is 2.27. The highest BCUT2D eigenvalue weighted by Crippen LogP contribution is 2.13. The zero-order valence-electron chi connectivity index (χ0n) is 11.0. The van der Waals surface area contributed by atoms with Crippen molar-refractivity contribution in [2.24, 2.45) is 5.92 Å². The normalized spacial score (nSPS) is 12.6. The molecule has 1 amide bonds. The van der Waals surface area contributed by atoms with E-state index < -0.39 is 0 Å². The molecule has 0 aliphatic carbocycles. The summed E-state index contributed by atoms with van der Waals surface area (Å²) >= 11 is 0.